The van der Waals surface area contributed by atoms with Gasteiger partial charge in [0.15, 0.2) is 0 Å². The standard InChI is InChI=1S/C24H22Se2/c1-3-7-15(8-4-1)25-23-17-11-13-19-21(17)22-18(23)12-14-20(22)24(19)26-16-9-5-2-6-10-16/h1-14,17-24H. The molecule has 0 nitrogen and oxygen atoms in total. The number of benzene rings is 2. The van der Waals surface area contributed by atoms with Crippen LogP contribution in [0.5, 0.6) is 0 Å². The molecule has 4 aliphatic carbocycles. The van der Waals surface area contributed by atoms with Crippen LogP contribution in [0.3, 0.4) is 0 Å². The van der Waals surface area contributed by atoms with Gasteiger partial charge in [-0.2, -0.15) is 0 Å². The molecule has 6 rings (SSSR count). The molecule has 0 radical (unpaired) electrons. The molecule has 2 saturated carbocycles. The van der Waals surface area contributed by atoms with Crippen LogP contribution in [0.1, 0.15) is 0 Å². The molecule has 0 aromatic heterocycles. The van der Waals surface area contributed by atoms with Crippen molar-refractivity contribution in [1.82, 2.24) is 0 Å². The number of allylic oxidation sites excluding steroid dienone is 4. The Morgan fingerprint density at radius 2 is 0.808 bits per heavy atom. The predicted octanol–water partition coefficient (Wildman–Crippen LogP) is 3.49. The van der Waals surface area contributed by atoms with Crippen LogP contribution in [0.15, 0.2) is 85.0 Å². The van der Waals surface area contributed by atoms with E-state index in [2.05, 4.69) is 85.0 Å². The fourth-order valence-electron chi connectivity index (χ4n) is 6.02. The van der Waals surface area contributed by atoms with Gasteiger partial charge in [-0.15, -0.1) is 0 Å². The van der Waals surface area contributed by atoms with Crippen LogP contribution >= 0.6 is 0 Å². The van der Waals surface area contributed by atoms with Crippen molar-refractivity contribution in [1.29, 1.82) is 0 Å². The third-order valence-corrected chi connectivity index (χ3v) is 12.9. The zero-order valence-corrected chi connectivity index (χ0v) is 17.9. The van der Waals surface area contributed by atoms with Crippen molar-refractivity contribution in [3.05, 3.63) is 85.0 Å². The van der Waals surface area contributed by atoms with Crippen LogP contribution in [0.4, 0.5) is 0 Å². The summed E-state index contributed by atoms with van der Waals surface area (Å²) < 4.78 is 3.17. The molecule has 4 unspecified atom stereocenters. The SMILES string of the molecule is C1=CC2C([Se]c3ccccc3)C3C=CC4C([Se]c5ccccc5)C1C2C43. The first-order chi connectivity index (χ1) is 12.9. The number of rotatable bonds is 4. The Labute approximate surface area is 168 Å². The Hall–Kier alpha value is -1.04. The molecule has 0 amide bonds. The van der Waals surface area contributed by atoms with Gasteiger partial charge in [0.1, 0.15) is 0 Å². The van der Waals surface area contributed by atoms with E-state index in [1.165, 1.54) is 0 Å². The van der Waals surface area contributed by atoms with E-state index in [9.17, 15) is 0 Å². The summed E-state index contributed by atoms with van der Waals surface area (Å²) in [5.74, 6) is 5.26. The molecular weight excluding hydrogens is 446 g/mol. The van der Waals surface area contributed by atoms with Gasteiger partial charge in [-0.3, -0.25) is 0 Å². The summed E-state index contributed by atoms with van der Waals surface area (Å²) in [5.41, 5.74) is 0. The van der Waals surface area contributed by atoms with Crippen LogP contribution in [0, 0.1) is 35.5 Å². The average Bonchev–Trinajstić information content (AvgIpc) is 3.40. The van der Waals surface area contributed by atoms with Gasteiger partial charge in [0, 0.05) is 0 Å². The van der Waals surface area contributed by atoms with Crippen LogP contribution in [-0.4, -0.2) is 29.9 Å². The van der Waals surface area contributed by atoms with Crippen molar-refractivity contribution in [2.75, 3.05) is 0 Å². The van der Waals surface area contributed by atoms with Crippen molar-refractivity contribution < 1.29 is 0 Å². The Morgan fingerprint density at radius 3 is 1.15 bits per heavy atom. The fourth-order valence-corrected chi connectivity index (χ4v) is 12.3. The van der Waals surface area contributed by atoms with Crippen LogP contribution < -0.4 is 8.92 Å². The molecular formula is C24H22Se2. The van der Waals surface area contributed by atoms with Gasteiger partial charge >= 0.3 is 169 Å². The first-order valence-corrected chi connectivity index (χ1v) is 13.4. The zero-order chi connectivity index (χ0) is 17.1. The van der Waals surface area contributed by atoms with E-state index in [1.807, 2.05) is 0 Å². The van der Waals surface area contributed by atoms with E-state index in [0.717, 1.165) is 45.1 Å². The molecule has 0 heterocycles. The minimum atomic E-state index is 0.597. The molecule has 0 saturated heterocycles. The molecule has 0 spiro atoms. The van der Waals surface area contributed by atoms with E-state index in [0.29, 0.717) is 29.9 Å². The summed E-state index contributed by atoms with van der Waals surface area (Å²) in [6, 6.07) is 22.6. The second-order valence-corrected chi connectivity index (χ2v) is 13.3. The molecule has 4 aliphatic rings. The normalized spacial score (nSPS) is 41.1. The Bertz CT molecular complexity index is 755. The quantitative estimate of drug-likeness (QED) is 0.476. The molecule has 2 aromatic rings. The summed E-state index contributed by atoms with van der Waals surface area (Å²) in [6.07, 6.45) is 10.6. The molecule has 0 aliphatic heterocycles. The first-order valence-electron chi connectivity index (χ1n) is 9.70. The molecule has 26 heavy (non-hydrogen) atoms. The van der Waals surface area contributed by atoms with Crippen molar-refractivity contribution in [3.63, 3.8) is 0 Å². The Kier molecular flexibility index (Phi) is 3.84. The molecule has 4 atom stereocenters. The summed E-state index contributed by atoms with van der Waals surface area (Å²) in [4.78, 5) is 1.76. The second kappa shape index (κ2) is 6.25. The summed E-state index contributed by atoms with van der Waals surface area (Å²) in [6.45, 7) is 0. The van der Waals surface area contributed by atoms with Crippen molar-refractivity contribution >= 4 is 38.8 Å². The Morgan fingerprint density at radius 1 is 0.462 bits per heavy atom. The third-order valence-electron chi connectivity index (χ3n) is 6.88. The predicted molar refractivity (Wildman–Crippen MR) is 110 cm³/mol. The molecule has 0 N–H and O–H groups in total. The molecule has 2 heteroatoms. The zero-order valence-electron chi connectivity index (χ0n) is 14.5. The maximum absolute atomic E-state index is 2.64. The average molecular weight is 468 g/mol. The second-order valence-electron chi connectivity index (χ2n) is 8.02. The summed E-state index contributed by atoms with van der Waals surface area (Å²) in [5, 5.41) is 0. The summed E-state index contributed by atoms with van der Waals surface area (Å²) >= 11 is 1.19. The maximum atomic E-state index is 2.64. The van der Waals surface area contributed by atoms with Gasteiger partial charge < -0.3 is 0 Å². The first kappa shape index (κ1) is 16.0. The Balaban J connectivity index is 1.29. The van der Waals surface area contributed by atoms with Crippen molar-refractivity contribution in [2.24, 2.45) is 35.5 Å². The van der Waals surface area contributed by atoms with Gasteiger partial charge in [0.05, 0.1) is 0 Å². The molecule has 130 valence electrons. The van der Waals surface area contributed by atoms with Gasteiger partial charge in [0.2, 0.25) is 0 Å². The van der Waals surface area contributed by atoms with Crippen molar-refractivity contribution in [2.45, 2.75) is 9.63 Å². The minimum absolute atomic E-state index is 0.597. The molecule has 2 aromatic carbocycles. The number of hydrogen-bond donors (Lipinski definition) is 0. The fraction of sp³-hybridized carbons (Fsp3) is 0.333. The van der Waals surface area contributed by atoms with Crippen LogP contribution in [0.2, 0.25) is 9.63 Å². The molecule has 0 bridgehead atoms. The van der Waals surface area contributed by atoms with Gasteiger partial charge in [-0.05, 0) is 0 Å². The third kappa shape index (κ3) is 2.33. The van der Waals surface area contributed by atoms with Gasteiger partial charge in [0.25, 0.3) is 0 Å². The van der Waals surface area contributed by atoms with E-state index in [1.54, 1.807) is 8.92 Å². The topological polar surface area (TPSA) is 0 Å². The molecule has 2 fully saturated rings. The van der Waals surface area contributed by atoms with Gasteiger partial charge in [-0.25, -0.2) is 0 Å². The number of hydrogen-bond acceptors (Lipinski definition) is 0. The van der Waals surface area contributed by atoms with E-state index in [-0.39, 0.29) is 0 Å². The summed E-state index contributed by atoms with van der Waals surface area (Å²) in [7, 11) is 0. The van der Waals surface area contributed by atoms with Gasteiger partial charge in [-0.1, -0.05) is 0 Å². The van der Waals surface area contributed by atoms with E-state index in [4.69, 9.17) is 0 Å². The van der Waals surface area contributed by atoms with Crippen molar-refractivity contribution in [3.8, 4) is 0 Å². The van der Waals surface area contributed by atoms with Crippen LogP contribution in [0.25, 0.3) is 0 Å². The monoisotopic (exact) mass is 470 g/mol. The van der Waals surface area contributed by atoms with E-state index >= 15 is 0 Å². The van der Waals surface area contributed by atoms with Crippen LogP contribution in [-0.2, 0) is 0 Å². The van der Waals surface area contributed by atoms with E-state index < -0.39 is 0 Å².